The molecule has 1 aliphatic carbocycles. The lowest BCUT2D eigenvalue weighted by molar-refractivity contribution is -0.139. The minimum Gasteiger partial charge on any atom is -0.367 e. The van der Waals surface area contributed by atoms with Crippen molar-refractivity contribution in [3.8, 4) is 0 Å². The smallest absolute Gasteiger partial charge is 0.250 e. The monoisotopic (exact) mass is 499 g/mol. The summed E-state index contributed by atoms with van der Waals surface area (Å²) in [6.45, 7) is 1.18. The average molecular weight is 500 g/mol. The second-order valence-corrected chi connectivity index (χ2v) is 9.04. The molecule has 2 rings (SSSR count). The fraction of sp³-hybridized carbons (Fsp3) is 0.478. The highest BCUT2D eigenvalue weighted by molar-refractivity contribution is 6.32. The largest absolute Gasteiger partial charge is 0.367 e. The van der Waals surface area contributed by atoms with Crippen molar-refractivity contribution in [2.45, 2.75) is 57.0 Å². The Morgan fingerprint density at radius 2 is 1.91 bits per heavy atom. The number of nitrogens with two attached hydrogens (primary N) is 1. The van der Waals surface area contributed by atoms with Crippen molar-refractivity contribution in [1.82, 2.24) is 10.6 Å². The highest BCUT2D eigenvalue weighted by Crippen LogP contribution is 2.27. The summed E-state index contributed by atoms with van der Waals surface area (Å²) in [5.74, 6) is -4.09. The summed E-state index contributed by atoms with van der Waals surface area (Å²) < 4.78 is 14.0. The number of carbonyl (C=O) groups excluding carboxylic acids is 4. The van der Waals surface area contributed by atoms with Crippen LogP contribution in [0, 0.1) is 11.7 Å². The van der Waals surface area contributed by atoms with Crippen LogP contribution in [0.2, 0.25) is 5.02 Å². The Kier molecular flexibility index (Phi) is 9.86. The molecule has 2 atom stereocenters. The number of alkyl halides is 1. The van der Waals surface area contributed by atoms with Crippen LogP contribution in [0.15, 0.2) is 24.3 Å². The van der Waals surface area contributed by atoms with Gasteiger partial charge in [-0.25, -0.2) is 4.39 Å². The van der Waals surface area contributed by atoms with E-state index in [0.717, 1.165) is 44.2 Å². The molecule has 0 aliphatic heterocycles. The van der Waals surface area contributed by atoms with Crippen molar-refractivity contribution in [3.05, 3.63) is 40.7 Å². The number of nitrogens with one attached hydrogen (secondary N) is 2. The van der Waals surface area contributed by atoms with Crippen molar-refractivity contribution >= 4 is 52.8 Å². The summed E-state index contributed by atoms with van der Waals surface area (Å²) in [5, 5.41) is 5.19. The van der Waals surface area contributed by atoms with Crippen LogP contribution < -0.4 is 16.4 Å². The second kappa shape index (κ2) is 12.1. The predicted octanol–water partition coefficient (Wildman–Crippen LogP) is 3.12. The van der Waals surface area contributed by atoms with E-state index in [4.69, 9.17) is 28.9 Å². The summed E-state index contributed by atoms with van der Waals surface area (Å²) in [5.41, 5.74) is 3.49. The van der Waals surface area contributed by atoms with Crippen LogP contribution >= 0.6 is 23.2 Å². The zero-order valence-electron chi connectivity index (χ0n) is 18.3. The molecule has 0 saturated heterocycles. The van der Waals surface area contributed by atoms with E-state index in [1.165, 1.54) is 25.1 Å². The van der Waals surface area contributed by atoms with Crippen molar-refractivity contribution < 1.29 is 23.6 Å². The Hall–Kier alpha value is -2.45. The minimum absolute atomic E-state index is 0.150. The average Bonchev–Trinajstić information content (AvgIpc) is 2.77. The summed E-state index contributed by atoms with van der Waals surface area (Å²) in [6.07, 6.45) is 7.65. The molecule has 0 spiro atoms. The van der Waals surface area contributed by atoms with Gasteiger partial charge in [0.05, 0.1) is 5.88 Å². The molecule has 1 aliphatic rings. The summed E-state index contributed by atoms with van der Waals surface area (Å²) in [6, 6.07) is 3.00. The Labute approximate surface area is 202 Å². The summed E-state index contributed by atoms with van der Waals surface area (Å²) in [7, 11) is 0. The van der Waals surface area contributed by atoms with Crippen LogP contribution in [-0.4, -0.2) is 41.0 Å². The molecular formula is C23H28Cl2FN3O4. The van der Waals surface area contributed by atoms with Gasteiger partial charge in [-0.3, -0.25) is 19.2 Å². The summed E-state index contributed by atoms with van der Waals surface area (Å²) in [4.78, 5) is 49.6. The summed E-state index contributed by atoms with van der Waals surface area (Å²) >= 11 is 11.3. The van der Waals surface area contributed by atoms with Gasteiger partial charge in [-0.15, -0.1) is 11.6 Å². The first-order chi connectivity index (χ1) is 15.6. The number of Topliss-reactive ketones (excluding diaryl/α,β-unsaturated/α-hetero) is 1. The molecule has 7 nitrogen and oxygen atoms in total. The number of primary amides is 1. The van der Waals surface area contributed by atoms with E-state index in [1.807, 2.05) is 0 Å². The van der Waals surface area contributed by atoms with E-state index in [0.29, 0.717) is 6.42 Å². The zero-order chi connectivity index (χ0) is 24.6. The molecule has 0 radical (unpaired) electrons. The zero-order valence-corrected chi connectivity index (χ0v) is 19.8. The molecule has 33 heavy (non-hydrogen) atoms. The molecule has 2 unspecified atom stereocenters. The lowest BCUT2D eigenvalue weighted by Crippen LogP contribution is -2.64. The lowest BCUT2D eigenvalue weighted by atomic mass is 9.84. The van der Waals surface area contributed by atoms with Gasteiger partial charge in [0.1, 0.15) is 11.9 Å². The molecule has 3 amide bonds. The van der Waals surface area contributed by atoms with E-state index in [1.54, 1.807) is 0 Å². The fourth-order valence-electron chi connectivity index (χ4n) is 3.75. The van der Waals surface area contributed by atoms with Crippen LogP contribution in [0.5, 0.6) is 0 Å². The van der Waals surface area contributed by atoms with Crippen LogP contribution in [0.3, 0.4) is 0 Å². The van der Waals surface area contributed by atoms with Gasteiger partial charge < -0.3 is 16.4 Å². The van der Waals surface area contributed by atoms with Gasteiger partial charge in [-0.05, 0) is 37.5 Å². The number of ketones is 1. The van der Waals surface area contributed by atoms with E-state index in [9.17, 15) is 23.6 Å². The molecule has 0 bridgehead atoms. The number of carbonyl (C=O) groups is 4. The van der Waals surface area contributed by atoms with Crippen LogP contribution in [-0.2, 0) is 19.2 Å². The first kappa shape index (κ1) is 26.8. The predicted molar refractivity (Wildman–Crippen MR) is 125 cm³/mol. The molecule has 1 aromatic carbocycles. The van der Waals surface area contributed by atoms with Crippen molar-refractivity contribution in [3.63, 3.8) is 0 Å². The normalized spacial score (nSPS) is 17.2. The second-order valence-electron chi connectivity index (χ2n) is 8.34. The van der Waals surface area contributed by atoms with E-state index in [-0.39, 0.29) is 16.5 Å². The molecule has 1 aromatic rings. The third-order valence-corrected chi connectivity index (χ3v) is 6.33. The quantitative estimate of drug-likeness (QED) is 0.260. The Morgan fingerprint density at radius 3 is 2.48 bits per heavy atom. The van der Waals surface area contributed by atoms with E-state index in [2.05, 4.69) is 10.6 Å². The Morgan fingerprint density at radius 1 is 1.24 bits per heavy atom. The number of hydrogen-bond donors (Lipinski definition) is 3. The van der Waals surface area contributed by atoms with E-state index >= 15 is 0 Å². The SMILES string of the molecule is CC(NC(=O)C(CC1CCCCC1)NC(=O)/C=C/c1ccc(Cl)cc1F)(C(N)=O)C(=O)CCl. The third-order valence-electron chi connectivity index (χ3n) is 5.85. The molecule has 0 heterocycles. The molecule has 0 aromatic heterocycles. The van der Waals surface area contributed by atoms with E-state index < -0.39 is 46.8 Å². The van der Waals surface area contributed by atoms with Crippen molar-refractivity contribution in [2.75, 3.05) is 5.88 Å². The topological polar surface area (TPSA) is 118 Å². The van der Waals surface area contributed by atoms with Gasteiger partial charge in [0, 0.05) is 16.7 Å². The first-order valence-electron chi connectivity index (χ1n) is 10.7. The highest BCUT2D eigenvalue weighted by atomic mass is 35.5. The van der Waals surface area contributed by atoms with Gasteiger partial charge in [-0.1, -0.05) is 49.8 Å². The number of hydrogen-bond acceptors (Lipinski definition) is 4. The molecule has 1 saturated carbocycles. The third kappa shape index (κ3) is 7.54. The number of benzene rings is 1. The van der Waals surface area contributed by atoms with Crippen LogP contribution in [0.25, 0.3) is 6.08 Å². The Balaban J connectivity index is 2.19. The maximum absolute atomic E-state index is 14.0. The molecule has 180 valence electrons. The highest BCUT2D eigenvalue weighted by Gasteiger charge is 2.41. The van der Waals surface area contributed by atoms with Gasteiger partial charge >= 0.3 is 0 Å². The van der Waals surface area contributed by atoms with Gasteiger partial charge in [0.15, 0.2) is 11.3 Å². The fourth-order valence-corrected chi connectivity index (χ4v) is 4.17. The number of amides is 3. The lowest BCUT2D eigenvalue weighted by Gasteiger charge is -2.30. The number of halogens is 3. The molecule has 10 heteroatoms. The standard InChI is InChI=1S/C23H28Cl2FN3O4/c1-23(22(27)33,19(30)13-24)29-21(32)18(11-14-5-3-2-4-6-14)28-20(31)10-8-15-7-9-16(25)12-17(15)26/h7-10,12,14,18H,2-6,11,13H2,1H3,(H2,27,33)(H,28,31)(H,29,32)/b10-8+. The minimum atomic E-state index is -2.00. The molecular weight excluding hydrogens is 472 g/mol. The van der Waals surface area contributed by atoms with Gasteiger partial charge in [-0.2, -0.15) is 0 Å². The van der Waals surface area contributed by atoms with Gasteiger partial charge in [0.25, 0.3) is 5.91 Å². The van der Waals surface area contributed by atoms with Crippen LogP contribution in [0.1, 0.15) is 51.0 Å². The maximum Gasteiger partial charge on any atom is 0.250 e. The van der Waals surface area contributed by atoms with Crippen molar-refractivity contribution in [2.24, 2.45) is 11.7 Å². The number of rotatable bonds is 10. The first-order valence-corrected chi connectivity index (χ1v) is 11.6. The van der Waals surface area contributed by atoms with Gasteiger partial charge in [0.2, 0.25) is 11.8 Å². The van der Waals surface area contributed by atoms with Crippen molar-refractivity contribution in [1.29, 1.82) is 0 Å². The molecule has 1 fully saturated rings. The Bertz CT molecular complexity index is 934. The van der Waals surface area contributed by atoms with Crippen LogP contribution in [0.4, 0.5) is 4.39 Å². The molecule has 4 N–H and O–H groups in total. The maximum atomic E-state index is 14.0.